The number of rotatable bonds is 13. The van der Waals surface area contributed by atoms with Gasteiger partial charge in [-0.05, 0) is 56.2 Å². The van der Waals surface area contributed by atoms with Crippen LogP contribution in [0, 0.1) is 0 Å². The van der Waals surface area contributed by atoms with E-state index < -0.39 is 28.5 Å². The number of nitrogens with one attached hydrogen (secondary N) is 1. The van der Waals surface area contributed by atoms with Gasteiger partial charge in [-0.15, -0.1) is 0 Å². The van der Waals surface area contributed by atoms with Crippen molar-refractivity contribution < 1.29 is 27.5 Å². The van der Waals surface area contributed by atoms with Gasteiger partial charge in [0, 0.05) is 23.7 Å². The molecule has 3 aromatic carbocycles. The predicted molar refractivity (Wildman–Crippen MR) is 160 cm³/mol. The Hall–Kier alpha value is -3.76. The first-order valence-electron chi connectivity index (χ1n) is 13.2. The van der Waals surface area contributed by atoms with Gasteiger partial charge in [0.1, 0.15) is 24.1 Å². The number of ether oxygens (including phenoxy) is 2. The highest BCUT2D eigenvalue weighted by molar-refractivity contribution is 7.92. The van der Waals surface area contributed by atoms with Gasteiger partial charge in [0.15, 0.2) is 0 Å². The van der Waals surface area contributed by atoms with Crippen molar-refractivity contribution in [1.82, 2.24) is 10.2 Å². The van der Waals surface area contributed by atoms with Crippen LogP contribution in [0.3, 0.4) is 0 Å². The summed E-state index contributed by atoms with van der Waals surface area (Å²) in [6.07, 6.45) is 0.294. The molecule has 41 heavy (non-hydrogen) atoms. The summed E-state index contributed by atoms with van der Waals surface area (Å²) < 4.78 is 39.9. The van der Waals surface area contributed by atoms with Crippen LogP contribution in [0.15, 0.2) is 77.7 Å². The van der Waals surface area contributed by atoms with Crippen LogP contribution < -0.4 is 19.1 Å². The number of halogens is 1. The minimum Gasteiger partial charge on any atom is -0.497 e. The number of benzene rings is 3. The lowest BCUT2D eigenvalue weighted by atomic mass is 10.1. The maximum Gasteiger partial charge on any atom is 0.264 e. The molecule has 3 rings (SSSR count). The van der Waals surface area contributed by atoms with Crippen molar-refractivity contribution >= 4 is 39.1 Å². The van der Waals surface area contributed by atoms with E-state index in [1.54, 1.807) is 61.5 Å². The molecule has 0 unspecified atom stereocenters. The second-order valence-electron chi connectivity index (χ2n) is 9.56. The van der Waals surface area contributed by atoms with E-state index in [2.05, 4.69) is 5.32 Å². The van der Waals surface area contributed by atoms with Crippen molar-refractivity contribution in [2.45, 2.75) is 50.7 Å². The molecule has 0 bridgehead atoms. The standard InChI is InChI=1S/C30H36ClN3O6S/c1-6-26(30(36)32-21(2)3)33(19-22-12-10-11-15-25(22)31)29(35)20-34(41(37,38)24-13-8-7-9-14-24)27-18-23(39-4)16-17-28(27)40-5/h7-18,21,26H,6,19-20H2,1-5H3,(H,32,36)/t26-/m1/s1. The second kappa shape index (κ2) is 14.2. The van der Waals surface area contributed by atoms with E-state index in [4.69, 9.17) is 21.1 Å². The third-order valence-corrected chi connectivity index (χ3v) is 8.52. The van der Waals surface area contributed by atoms with Crippen molar-refractivity contribution in [2.24, 2.45) is 0 Å². The van der Waals surface area contributed by atoms with Crippen LogP contribution in [0.25, 0.3) is 0 Å². The fourth-order valence-corrected chi connectivity index (χ4v) is 5.97. The van der Waals surface area contributed by atoms with E-state index in [1.807, 2.05) is 13.8 Å². The molecule has 3 aromatic rings. The highest BCUT2D eigenvalue weighted by Gasteiger charge is 2.35. The number of carbonyl (C=O) groups excluding carboxylic acids is 2. The Morgan fingerprint density at radius 2 is 1.61 bits per heavy atom. The van der Waals surface area contributed by atoms with E-state index in [9.17, 15) is 18.0 Å². The minimum absolute atomic E-state index is 0.00298. The average Bonchev–Trinajstić information content (AvgIpc) is 2.96. The quantitative estimate of drug-likeness (QED) is 0.299. The molecule has 0 radical (unpaired) electrons. The molecule has 0 saturated carbocycles. The Kier molecular flexibility index (Phi) is 11.0. The molecule has 0 saturated heterocycles. The molecule has 220 valence electrons. The normalized spacial score (nSPS) is 12.0. The highest BCUT2D eigenvalue weighted by Crippen LogP contribution is 2.36. The summed E-state index contributed by atoms with van der Waals surface area (Å²) in [5.41, 5.74) is 0.733. The third-order valence-electron chi connectivity index (χ3n) is 6.38. The van der Waals surface area contributed by atoms with Crippen molar-refractivity contribution in [2.75, 3.05) is 25.1 Å². The molecule has 9 nitrogen and oxygen atoms in total. The summed E-state index contributed by atoms with van der Waals surface area (Å²) >= 11 is 6.44. The zero-order valence-electron chi connectivity index (χ0n) is 23.8. The van der Waals surface area contributed by atoms with Crippen molar-refractivity contribution in [1.29, 1.82) is 0 Å². The van der Waals surface area contributed by atoms with Gasteiger partial charge in [-0.2, -0.15) is 0 Å². The zero-order valence-corrected chi connectivity index (χ0v) is 25.4. The summed E-state index contributed by atoms with van der Waals surface area (Å²) in [6.45, 7) is 4.83. The number of carbonyl (C=O) groups is 2. The lowest BCUT2D eigenvalue weighted by Gasteiger charge is -2.34. The van der Waals surface area contributed by atoms with Gasteiger partial charge in [0.2, 0.25) is 11.8 Å². The molecule has 0 aromatic heterocycles. The Labute approximate surface area is 247 Å². The minimum atomic E-state index is -4.27. The largest absolute Gasteiger partial charge is 0.497 e. The monoisotopic (exact) mass is 601 g/mol. The van der Waals surface area contributed by atoms with Crippen molar-refractivity contribution in [3.63, 3.8) is 0 Å². The van der Waals surface area contributed by atoms with E-state index in [-0.39, 0.29) is 34.8 Å². The zero-order chi connectivity index (χ0) is 30.2. The number of anilines is 1. The number of amides is 2. The van der Waals surface area contributed by atoms with Crippen LogP contribution in [0.4, 0.5) is 5.69 Å². The predicted octanol–water partition coefficient (Wildman–Crippen LogP) is 4.88. The maximum absolute atomic E-state index is 14.2. The van der Waals surface area contributed by atoms with E-state index >= 15 is 0 Å². The van der Waals surface area contributed by atoms with E-state index in [0.29, 0.717) is 22.8 Å². The van der Waals surface area contributed by atoms with Gasteiger partial charge in [-0.25, -0.2) is 8.42 Å². The van der Waals surface area contributed by atoms with Gasteiger partial charge in [0.25, 0.3) is 10.0 Å². The first kappa shape index (κ1) is 31.8. The molecule has 0 aliphatic rings. The Balaban J connectivity index is 2.15. The van der Waals surface area contributed by atoms with Crippen LogP contribution in [-0.4, -0.2) is 58.0 Å². The summed E-state index contributed by atoms with van der Waals surface area (Å²) in [4.78, 5) is 28.8. The lowest BCUT2D eigenvalue weighted by molar-refractivity contribution is -0.140. The molecule has 0 aliphatic carbocycles. The number of methoxy groups -OCH3 is 2. The fraction of sp³-hybridized carbons (Fsp3) is 0.333. The van der Waals surface area contributed by atoms with Crippen LogP contribution in [0.2, 0.25) is 5.02 Å². The smallest absolute Gasteiger partial charge is 0.264 e. The topological polar surface area (TPSA) is 105 Å². The molecule has 0 fully saturated rings. The lowest BCUT2D eigenvalue weighted by Crippen LogP contribution is -2.53. The molecule has 0 spiro atoms. The SMILES string of the molecule is CC[C@H](C(=O)NC(C)C)N(Cc1ccccc1Cl)C(=O)CN(c1cc(OC)ccc1OC)S(=O)(=O)c1ccccc1. The summed E-state index contributed by atoms with van der Waals surface area (Å²) in [6, 6.07) is 18.5. The first-order chi connectivity index (χ1) is 19.5. The molecule has 0 heterocycles. The van der Waals surface area contributed by atoms with Crippen LogP contribution in [0.1, 0.15) is 32.8 Å². The van der Waals surface area contributed by atoms with Crippen molar-refractivity contribution in [3.05, 3.63) is 83.4 Å². The van der Waals surface area contributed by atoms with E-state index in [1.165, 1.54) is 37.3 Å². The molecular weight excluding hydrogens is 566 g/mol. The van der Waals surface area contributed by atoms with Gasteiger partial charge in [-0.1, -0.05) is 54.9 Å². The fourth-order valence-electron chi connectivity index (χ4n) is 4.34. The summed E-state index contributed by atoms with van der Waals surface area (Å²) in [5.74, 6) is -0.350. The van der Waals surface area contributed by atoms with Gasteiger partial charge in [-0.3, -0.25) is 13.9 Å². The number of hydrogen-bond donors (Lipinski definition) is 1. The molecule has 0 aliphatic heterocycles. The summed E-state index contributed by atoms with van der Waals surface area (Å²) in [5, 5.41) is 3.29. The van der Waals surface area contributed by atoms with Crippen LogP contribution in [-0.2, 0) is 26.2 Å². The maximum atomic E-state index is 14.2. The van der Waals surface area contributed by atoms with Crippen LogP contribution in [0.5, 0.6) is 11.5 Å². The molecule has 2 amide bonds. The molecule has 1 N–H and O–H groups in total. The summed E-state index contributed by atoms with van der Waals surface area (Å²) in [7, 11) is -1.40. The first-order valence-corrected chi connectivity index (χ1v) is 15.0. The molecule has 1 atom stereocenters. The van der Waals surface area contributed by atoms with Gasteiger partial charge in [0.05, 0.1) is 24.8 Å². The number of hydrogen-bond acceptors (Lipinski definition) is 6. The molecule has 11 heteroatoms. The Morgan fingerprint density at radius 3 is 2.20 bits per heavy atom. The second-order valence-corrected chi connectivity index (χ2v) is 11.8. The van der Waals surface area contributed by atoms with Crippen LogP contribution >= 0.6 is 11.6 Å². The molecular formula is C30H36ClN3O6S. The average molecular weight is 602 g/mol. The Morgan fingerprint density at radius 1 is 0.951 bits per heavy atom. The van der Waals surface area contributed by atoms with Gasteiger partial charge >= 0.3 is 0 Å². The number of sulfonamides is 1. The van der Waals surface area contributed by atoms with E-state index in [0.717, 1.165) is 4.31 Å². The third kappa shape index (κ3) is 7.71. The van der Waals surface area contributed by atoms with Gasteiger partial charge < -0.3 is 19.7 Å². The Bertz CT molecular complexity index is 1450. The highest BCUT2D eigenvalue weighted by atomic mass is 35.5. The number of nitrogens with zero attached hydrogens (tertiary/aromatic N) is 2. The van der Waals surface area contributed by atoms with Crippen molar-refractivity contribution in [3.8, 4) is 11.5 Å².